The van der Waals surface area contributed by atoms with Gasteiger partial charge in [0.2, 0.25) is 0 Å². The molecule has 2 N–H and O–H groups in total. The number of aromatic amines is 1. The van der Waals surface area contributed by atoms with E-state index in [0.29, 0.717) is 19.1 Å². The molecule has 0 saturated carbocycles. The standard InChI is InChI=1S/C19H28N4O2/c1-20-19(23-8-7-15(13-23)14-25-10-9-24-2)21-12-17-11-16-5-3-4-6-18(16)22-17/h3-6,11,15,22H,7-10,12-14H2,1-2H3,(H,20,21). The van der Waals surface area contributed by atoms with E-state index in [2.05, 4.69) is 44.5 Å². The number of aliphatic imine (C=N–C) groups is 1. The topological polar surface area (TPSA) is 61.9 Å². The third-order valence-electron chi connectivity index (χ3n) is 4.61. The molecule has 1 atom stereocenters. The number of benzene rings is 1. The minimum Gasteiger partial charge on any atom is -0.382 e. The lowest BCUT2D eigenvalue weighted by atomic mass is 10.1. The molecule has 0 bridgehead atoms. The SMILES string of the molecule is CN=C(NCc1cc2ccccc2[nH]1)N1CCC(COCCOC)C1. The molecule has 25 heavy (non-hydrogen) atoms. The van der Waals surface area contributed by atoms with E-state index in [-0.39, 0.29) is 0 Å². The number of H-pyrrole nitrogens is 1. The second kappa shape index (κ2) is 8.87. The van der Waals surface area contributed by atoms with Gasteiger partial charge in [-0.1, -0.05) is 18.2 Å². The Morgan fingerprint density at radius 3 is 3.04 bits per heavy atom. The van der Waals surface area contributed by atoms with E-state index in [4.69, 9.17) is 9.47 Å². The molecule has 0 radical (unpaired) electrons. The molecular formula is C19H28N4O2. The van der Waals surface area contributed by atoms with E-state index >= 15 is 0 Å². The lowest BCUT2D eigenvalue weighted by Crippen LogP contribution is -2.39. The van der Waals surface area contributed by atoms with Crippen molar-refractivity contribution in [2.75, 3.05) is 47.1 Å². The summed E-state index contributed by atoms with van der Waals surface area (Å²) in [6.07, 6.45) is 1.14. The predicted molar refractivity (Wildman–Crippen MR) is 101 cm³/mol. The summed E-state index contributed by atoms with van der Waals surface area (Å²) in [5.74, 6) is 1.52. The van der Waals surface area contributed by atoms with Crippen LogP contribution in [0.25, 0.3) is 10.9 Å². The number of rotatable bonds is 7. The summed E-state index contributed by atoms with van der Waals surface area (Å²) in [6.45, 7) is 4.86. The number of hydrogen-bond donors (Lipinski definition) is 2. The zero-order valence-electron chi connectivity index (χ0n) is 15.1. The second-order valence-electron chi connectivity index (χ2n) is 6.45. The Balaban J connectivity index is 1.48. The molecule has 1 aliphatic heterocycles. The lowest BCUT2D eigenvalue weighted by molar-refractivity contribution is 0.0536. The number of aromatic nitrogens is 1. The van der Waals surface area contributed by atoms with Gasteiger partial charge in [0.25, 0.3) is 0 Å². The third-order valence-corrected chi connectivity index (χ3v) is 4.61. The summed E-state index contributed by atoms with van der Waals surface area (Å²) in [5.41, 5.74) is 2.34. The van der Waals surface area contributed by atoms with Crippen LogP contribution in [-0.4, -0.2) is 62.9 Å². The van der Waals surface area contributed by atoms with Crippen LogP contribution in [0.5, 0.6) is 0 Å². The molecule has 2 aromatic rings. The number of hydrogen-bond acceptors (Lipinski definition) is 3. The maximum absolute atomic E-state index is 5.67. The number of fused-ring (bicyclic) bond motifs is 1. The molecule has 1 saturated heterocycles. The van der Waals surface area contributed by atoms with E-state index in [1.54, 1.807) is 7.11 Å². The molecule has 1 aliphatic rings. The van der Waals surface area contributed by atoms with E-state index in [1.807, 2.05) is 13.1 Å². The first-order valence-corrected chi connectivity index (χ1v) is 8.89. The first-order chi connectivity index (χ1) is 12.3. The van der Waals surface area contributed by atoms with Crippen molar-refractivity contribution >= 4 is 16.9 Å². The number of likely N-dealkylation sites (tertiary alicyclic amines) is 1. The maximum Gasteiger partial charge on any atom is 0.193 e. The van der Waals surface area contributed by atoms with Gasteiger partial charge in [-0.3, -0.25) is 4.99 Å². The first kappa shape index (κ1) is 17.8. The van der Waals surface area contributed by atoms with Crippen molar-refractivity contribution in [3.8, 4) is 0 Å². The third kappa shape index (κ3) is 4.74. The van der Waals surface area contributed by atoms with Crippen molar-refractivity contribution in [3.05, 3.63) is 36.0 Å². The fourth-order valence-electron chi connectivity index (χ4n) is 3.29. The fourth-order valence-corrected chi connectivity index (χ4v) is 3.29. The fraction of sp³-hybridized carbons (Fsp3) is 0.526. The van der Waals surface area contributed by atoms with E-state index in [1.165, 1.54) is 16.6 Å². The molecule has 0 aliphatic carbocycles. The number of ether oxygens (including phenoxy) is 2. The van der Waals surface area contributed by atoms with E-state index < -0.39 is 0 Å². The number of guanidine groups is 1. The number of para-hydroxylation sites is 1. The number of nitrogens with zero attached hydrogens (tertiary/aromatic N) is 2. The normalized spacial score (nSPS) is 18.2. The zero-order valence-corrected chi connectivity index (χ0v) is 15.1. The van der Waals surface area contributed by atoms with E-state index in [0.717, 1.165) is 38.6 Å². The van der Waals surface area contributed by atoms with Gasteiger partial charge < -0.3 is 24.7 Å². The minimum absolute atomic E-state index is 0.559. The summed E-state index contributed by atoms with van der Waals surface area (Å²) in [5, 5.41) is 4.71. The molecule has 1 aromatic carbocycles. The molecule has 6 nitrogen and oxygen atoms in total. The van der Waals surface area contributed by atoms with E-state index in [9.17, 15) is 0 Å². The van der Waals surface area contributed by atoms with Crippen molar-refractivity contribution in [1.82, 2.24) is 15.2 Å². The van der Waals surface area contributed by atoms with Crippen molar-refractivity contribution in [3.63, 3.8) is 0 Å². The van der Waals surface area contributed by atoms with Crippen molar-refractivity contribution < 1.29 is 9.47 Å². The second-order valence-corrected chi connectivity index (χ2v) is 6.45. The van der Waals surface area contributed by atoms with Crippen molar-refractivity contribution in [2.24, 2.45) is 10.9 Å². The Labute approximate surface area is 149 Å². The molecule has 0 amide bonds. The van der Waals surface area contributed by atoms with Gasteiger partial charge >= 0.3 is 0 Å². The van der Waals surface area contributed by atoms with Crippen LogP contribution in [0.3, 0.4) is 0 Å². The quantitative estimate of drug-likeness (QED) is 0.459. The van der Waals surface area contributed by atoms with Gasteiger partial charge in [-0.05, 0) is 23.9 Å². The molecule has 1 fully saturated rings. The van der Waals surface area contributed by atoms with Crippen molar-refractivity contribution in [1.29, 1.82) is 0 Å². The molecule has 0 spiro atoms. The number of nitrogens with one attached hydrogen (secondary N) is 2. The molecule has 3 rings (SSSR count). The van der Waals surface area contributed by atoms with Crippen LogP contribution in [-0.2, 0) is 16.0 Å². The molecule has 1 aromatic heterocycles. The Hall–Kier alpha value is -2.05. The van der Waals surface area contributed by atoms with Crippen LogP contribution in [0.1, 0.15) is 12.1 Å². The Bertz CT molecular complexity index is 665. The Morgan fingerprint density at radius 2 is 2.24 bits per heavy atom. The highest BCUT2D eigenvalue weighted by Gasteiger charge is 2.24. The summed E-state index contributed by atoms with van der Waals surface area (Å²) in [6, 6.07) is 10.5. The Kier molecular flexibility index (Phi) is 6.30. The summed E-state index contributed by atoms with van der Waals surface area (Å²) in [7, 11) is 3.54. The van der Waals surface area contributed by atoms with Crippen LogP contribution in [0.4, 0.5) is 0 Å². The zero-order chi connectivity index (χ0) is 17.5. The lowest BCUT2D eigenvalue weighted by Gasteiger charge is -2.21. The Morgan fingerprint density at radius 1 is 1.36 bits per heavy atom. The molecule has 136 valence electrons. The highest BCUT2D eigenvalue weighted by atomic mass is 16.5. The maximum atomic E-state index is 5.67. The molecule has 1 unspecified atom stereocenters. The van der Waals surface area contributed by atoms with Crippen molar-refractivity contribution in [2.45, 2.75) is 13.0 Å². The summed E-state index contributed by atoms with van der Waals surface area (Å²) >= 11 is 0. The monoisotopic (exact) mass is 344 g/mol. The molecular weight excluding hydrogens is 316 g/mol. The highest BCUT2D eigenvalue weighted by Crippen LogP contribution is 2.17. The molecule has 6 heteroatoms. The highest BCUT2D eigenvalue weighted by molar-refractivity contribution is 5.82. The van der Waals surface area contributed by atoms with Crippen LogP contribution in [0.15, 0.2) is 35.3 Å². The summed E-state index contributed by atoms with van der Waals surface area (Å²) < 4.78 is 10.7. The van der Waals surface area contributed by atoms with Crippen LogP contribution >= 0.6 is 0 Å². The van der Waals surface area contributed by atoms with Crippen LogP contribution in [0.2, 0.25) is 0 Å². The average Bonchev–Trinajstić information content (AvgIpc) is 3.26. The van der Waals surface area contributed by atoms with Gasteiger partial charge in [0.05, 0.1) is 26.4 Å². The minimum atomic E-state index is 0.559. The smallest absolute Gasteiger partial charge is 0.193 e. The van der Waals surface area contributed by atoms with Crippen LogP contribution < -0.4 is 5.32 Å². The number of methoxy groups -OCH3 is 1. The molecule has 2 heterocycles. The van der Waals surface area contributed by atoms with Gasteiger partial charge in [0.15, 0.2) is 5.96 Å². The van der Waals surface area contributed by atoms with Gasteiger partial charge in [-0.15, -0.1) is 0 Å². The predicted octanol–water partition coefficient (Wildman–Crippen LogP) is 2.23. The largest absolute Gasteiger partial charge is 0.382 e. The first-order valence-electron chi connectivity index (χ1n) is 8.89. The van der Waals surface area contributed by atoms with Gasteiger partial charge in [-0.25, -0.2) is 0 Å². The average molecular weight is 344 g/mol. The summed E-state index contributed by atoms with van der Waals surface area (Å²) in [4.78, 5) is 10.2. The van der Waals surface area contributed by atoms with Gasteiger partial charge in [0, 0.05) is 44.4 Å². The van der Waals surface area contributed by atoms with Gasteiger partial charge in [-0.2, -0.15) is 0 Å². The van der Waals surface area contributed by atoms with Crippen LogP contribution in [0, 0.1) is 5.92 Å². The van der Waals surface area contributed by atoms with Gasteiger partial charge in [0.1, 0.15) is 0 Å².